The van der Waals surface area contributed by atoms with Crippen molar-refractivity contribution in [3.63, 3.8) is 0 Å². The third-order valence-corrected chi connectivity index (χ3v) is 4.80. The van der Waals surface area contributed by atoms with Gasteiger partial charge in [-0.3, -0.25) is 9.59 Å². The molecule has 0 bridgehead atoms. The number of amides is 1. The SMILES string of the molecule is COCC(C)(C)C(=O)CC(N)=NC(=O)C1CCCN1c1ccc(Cl)cc1. The van der Waals surface area contributed by atoms with Gasteiger partial charge in [0.15, 0.2) is 0 Å². The van der Waals surface area contributed by atoms with E-state index in [1.165, 1.54) is 0 Å². The minimum atomic E-state index is -0.666. The summed E-state index contributed by atoms with van der Waals surface area (Å²) in [5, 5.41) is 0.648. The summed E-state index contributed by atoms with van der Waals surface area (Å²) in [6.07, 6.45) is 1.55. The number of carbonyl (C=O) groups excluding carboxylic acids is 2. The van der Waals surface area contributed by atoms with Gasteiger partial charge >= 0.3 is 0 Å². The molecule has 1 atom stereocenters. The number of aliphatic imine (C=N–C) groups is 1. The lowest BCUT2D eigenvalue weighted by Crippen LogP contribution is -2.37. The lowest BCUT2D eigenvalue weighted by Gasteiger charge is -2.24. The first-order valence-corrected chi connectivity index (χ1v) is 9.03. The largest absolute Gasteiger partial charge is 0.387 e. The van der Waals surface area contributed by atoms with Gasteiger partial charge in [-0.05, 0) is 37.1 Å². The van der Waals surface area contributed by atoms with Crippen LogP contribution >= 0.6 is 11.6 Å². The van der Waals surface area contributed by atoms with E-state index in [0.717, 1.165) is 18.7 Å². The van der Waals surface area contributed by atoms with Crippen LogP contribution in [0.15, 0.2) is 29.3 Å². The van der Waals surface area contributed by atoms with Crippen molar-refractivity contribution in [3.8, 4) is 0 Å². The smallest absolute Gasteiger partial charge is 0.270 e. The quantitative estimate of drug-likeness (QED) is 0.581. The van der Waals surface area contributed by atoms with Gasteiger partial charge in [0.1, 0.15) is 17.7 Å². The van der Waals surface area contributed by atoms with Crippen molar-refractivity contribution in [1.82, 2.24) is 0 Å². The Balaban J connectivity index is 2.06. The third-order valence-electron chi connectivity index (χ3n) is 4.55. The number of hydrogen-bond donors (Lipinski definition) is 1. The molecule has 26 heavy (non-hydrogen) atoms. The zero-order valence-electron chi connectivity index (χ0n) is 15.5. The van der Waals surface area contributed by atoms with Gasteiger partial charge in [0.25, 0.3) is 5.91 Å². The number of amidine groups is 1. The summed E-state index contributed by atoms with van der Waals surface area (Å²) in [6, 6.07) is 7.00. The van der Waals surface area contributed by atoms with Crippen LogP contribution < -0.4 is 10.6 Å². The second-order valence-electron chi connectivity index (χ2n) is 7.19. The van der Waals surface area contributed by atoms with Crippen LogP contribution in [0.5, 0.6) is 0 Å². The molecule has 1 fully saturated rings. The number of benzene rings is 1. The van der Waals surface area contributed by atoms with Crippen LogP contribution in [0.3, 0.4) is 0 Å². The number of Topliss-reactive ketones (excluding diaryl/α,β-unsaturated/α-hetero) is 1. The zero-order valence-corrected chi connectivity index (χ0v) is 16.3. The highest BCUT2D eigenvalue weighted by Gasteiger charge is 2.32. The highest BCUT2D eigenvalue weighted by Crippen LogP contribution is 2.27. The molecule has 1 aliphatic rings. The van der Waals surface area contributed by atoms with Crippen molar-refractivity contribution >= 4 is 34.8 Å². The van der Waals surface area contributed by atoms with Crippen LogP contribution in [0, 0.1) is 5.41 Å². The second-order valence-corrected chi connectivity index (χ2v) is 7.62. The van der Waals surface area contributed by atoms with Crippen LogP contribution in [0.1, 0.15) is 33.1 Å². The molecule has 0 aromatic heterocycles. The van der Waals surface area contributed by atoms with Crippen LogP contribution in [0.2, 0.25) is 5.02 Å². The Labute approximate surface area is 159 Å². The predicted octanol–water partition coefficient (Wildman–Crippen LogP) is 2.82. The van der Waals surface area contributed by atoms with E-state index < -0.39 is 5.41 Å². The summed E-state index contributed by atoms with van der Waals surface area (Å²) in [6.45, 7) is 4.63. The van der Waals surface area contributed by atoms with Crippen LogP contribution in [-0.2, 0) is 14.3 Å². The van der Waals surface area contributed by atoms with Gasteiger partial charge in [-0.2, -0.15) is 4.99 Å². The monoisotopic (exact) mass is 379 g/mol. The molecule has 2 rings (SSSR count). The Hall–Kier alpha value is -1.92. The summed E-state index contributed by atoms with van der Waals surface area (Å²) in [5.41, 5.74) is 6.13. The van der Waals surface area contributed by atoms with Gasteiger partial charge in [-0.25, -0.2) is 0 Å². The highest BCUT2D eigenvalue weighted by atomic mass is 35.5. The lowest BCUT2D eigenvalue weighted by molar-refractivity contribution is -0.128. The number of ketones is 1. The number of rotatable bonds is 7. The Kier molecular flexibility index (Phi) is 6.78. The number of methoxy groups -OCH3 is 1. The van der Waals surface area contributed by atoms with Gasteiger partial charge < -0.3 is 15.4 Å². The molecule has 0 aliphatic carbocycles. The third kappa shape index (κ3) is 5.05. The fraction of sp³-hybridized carbons (Fsp3) is 0.526. The highest BCUT2D eigenvalue weighted by molar-refractivity contribution is 6.30. The Morgan fingerprint density at radius 3 is 2.62 bits per heavy atom. The molecule has 0 radical (unpaired) electrons. The number of anilines is 1. The summed E-state index contributed by atoms with van der Waals surface area (Å²) in [7, 11) is 1.54. The summed E-state index contributed by atoms with van der Waals surface area (Å²) in [4.78, 5) is 30.9. The maximum atomic E-state index is 12.6. The first-order valence-electron chi connectivity index (χ1n) is 8.66. The zero-order chi connectivity index (χ0) is 19.3. The van der Waals surface area contributed by atoms with Crippen LogP contribution in [-0.4, -0.2) is 43.8 Å². The van der Waals surface area contributed by atoms with Crippen LogP contribution in [0.4, 0.5) is 5.69 Å². The van der Waals surface area contributed by atoms with E-state index in [1.807, 2.05) is 17.0 Å². The normalized spacial score (nSPS) is 18.2. The minimum absolute atomic E-state index is 0.0483. The van der Waals surface area contributed by atoms with Gasteiger partial charge in [0, 0.05) is 29.8 Å². The van der Waals surface area contributed by atoms with E-state index in [1.54, 1.807) is 33.1 Å². The molecule has 1 aliphatic heterocycles. The minimum Gasteiger partial charge on any atom is -0.387 e. The number of halogens is 1. The second kappa shape index (κ2) is 8.64. The first kappa shape index (κ1) is 20.4. The predicted molar refractivity (Wildman–Crippen MR) is 104 cm³/mol. The van der Waals surface area contributed by atoms with E-state index in [4.69, 9.17) is 22.1 Å². The van der Waals surface area contributed by atoms with E-state index in [-0.39, 0.29) is 30.0 Å². The lowest BCUT2D eigenvalue weighted by atomic mass is 9.87. The maximum absolute atomic E-state index is 12.6. The van der Waals surface area contributed by atoms with Crippen molar-refractivity contribution in [2.45, 2.75) is 39.2 Å². The molecule has 1 saturated heterocycles. The maximum Gasteiger partial charge on any atom is 0.270 e. The standard InChI is InChI=1S/C19H26ClN3O3/c1-19(2,12-26-3)16(24)11-17(21)22-18(25)15-5-4-10-23(15)14-8-6-13(20)7-9-14/h6-9,15H,4-5,10-12H2,1-3H3,(H2,21,22,25). The molecule has 7 heteroatoms. The first-order chi connectivity index (χ1) is 12.2. The van der Waals surface area contributed by atoms with E-state index >= 15 is 0 Å². The number of nitrogens with zero attached hydrogens (tertiary/aromatic N) is 2. The molecule has 2 N–H and O–H groups in total. The molecule has 0 spiro atoms. The summed E-state index contributed by atoms with van der Waals surface area (Å²) in [5.74, 6) is -0.367. The topological polar surface area (TPSA) is 85.0 Å². The van der Waals surface area contributed by atoms with Crippen molar-refractivity contribution in [2.75, 3.05) is 25.2 Å². The molecule has 1 heterocycles. The number of ether oxygens (including phenoxy) is 1. The molecule has 1 aromatic carbocycles. The van der Waals surface area contributed by atoms with Gasteiger partial charge in [-0.15, -0.1) is 0 Å². The Morgan fingerprint density at radius 2 is 2.00 bits per heavy atom. The van der Waals surface area contributed by atoms with Gasteiger partial charge in [-0.1, -0.05) is 25.4 Å². The fourth-order valence-electron chi connectivity index (χ4n) is 3.07. The van der Waals surface area contributed by atoms with Crippen molar-refractivity contribution in [2.24, 2.45) is 16.1 Å². The Morgan fingerprint density at radius 1 is 1.35 bits per heavy atom. The van der Waals surface area contributed by atoms with Crippen molar-refractivity contribution in [1.29, 1.82) is 0 Å². The van der Waals surface area contributed by atoms with Crippen molar-refractivity contribution < 1.29 is 14.3 Å². The van der Waals surface area contributed by atoms with Gasteiger partial charge in [0.05, 0.1) is 13.0 Å². The summed E-state index contributed by atoms with van der Waals surface area (Å²) >= 11 is 5.93. The molecule has 1 unspecified atom stereocenters. The molecule has 1 amide bonds. The molecule has 6 nitrogen and oxygen atoms in total. The van der Waals surface area contributed by atoms with Gasteiger partial charge in [0.2, 0.25) is 0 Å². The molecular weight excluding hydrogens is 354 g/mol. The van der Waals surface area contributed by atoms with Crippen LogP contribution in [0.25, 0.3) is 0 Å². The fourth-order valence-corrected chi connectivity index (χ4v) is 3.19. The number of nitrogens with two attached hydrogens (primary N) is 1. The van der Waals surface area contributed by atoms with E-state index in [2.05, 4.69) is 4.99 Å². The van der Waals surface area contributed by atoms with Crippen molar-refractivity contribution in [3.05, 3.63) is 29.3 Å². The number of hydrogen-bond acceptors (Lipinski definition) is 4. The Bertz CT molecular complexity index is 686. The molecule has 0 saturated carbocycles. The molecule has 1 aromatic rings. The van der Waals surface area contributed by atoms with E-state index in [0.29, 0.717) is 18.1 Å². The molecule has 142 valence electrons. The summed E-state index contributed by atoms with van der Waals surface area (Å²) < 4.78 is 5.06. The number of carbonyl (C=O) groups is 2. The average Bonchev–Trinajstić information content (AvgIpc) is 3.05. The average molecular weight is 380 g/mol. The van der Waals surface area contributed by atoms with E-state index in [9.17, 15) is 9.59 Å². The molecular formula is C19H26ClN3O3.